The third-order valence-corrected chi connectivity index (χ3v) is 6.46. The molecule has 1 aliphatic heterocycles. The van der Waals surface area contributed by atoms with Crippen LogP contribution in [0.4, 0.5) is 5.69 Å². The molecular weight excluding hydrogens is 466 g/mol. The zero-order chi connectivity index (χ0) is 24.4. The number of hydrogen-bond acceptors (Lipinski definition) is 5. The molecule has 5 rings (SSSR count). The number of amides is 1. The van der Waals surface area contributed by atoms with Crippen LogP contribution in [0.5, 0.6) is 11.5 Å². The summed E-state index contributed by atoms with van der Waals surface area (Å²) < 4.78 is 13.0. The molecule has 2 heterocycles. The summed E-state index contributed by atoms with van der Waals surface area (Å²) in [5, 5.41) is 11.5. The van der Waals surface area contributed by atoms with Gasteiger partial charge >= 0.3 is 0 Å². The number of para-hydroxylation sites is 2. The zero-order valence-electron chi connectivity index (χ0n) is 19.3. The first-order valence-corrected chi connectivity index (χ1v) is 11.9. The van der Waals surface area contributed by atoms with Crippen molar-refractivity contribution in [3.63, 3.8) is 0 Å². The van der Waals surface area contributed by atoms with Crippen molar-refractivity contribution in [2.75, 3.05) is 25.2 Å². The van der Waals surface area contributed by atoms with E-state index in [1.165, 1.54) is 0 Å². The van der Waals surface area contributed by atoms with Crippen LogP contribution >= 0.6 is 11.6 Å². The fraction of sp³-hybridized carbons (Fsp3) is 0.259. The maximum absolute atomic E-state index is 12.9. The average molecular weight is 492 g/mol. The van der Waals surface area contributed by atoms with Crippen LogP contribution in [0.1, 0.15) is 18.2 Å². The minimum absolute atomic E-state index is 0.0410. The quantitative estimate of drug-likeness (QED) is 0.388. The van der Waals surface area contributed by atoms with E-state index in [2.05, 4.69) is 0 Å². The molecule has 0 aliphatic carbocycles. The van der Waals surface area contributed by atoms with Gasteiger partial charge in [0, 0.05) is 29.6 Å². The number of anilines is 1. The molecule has 2 atom stereocenters. The number of imidazole rings is 1. The van der Waals surface area contributed by atoms with Crippen LogP contribution in [-0.4, -0.2) is 46.9 Å². The molecule has 4 aromatic rings. The largest absolute Gasteiger partial charge is 0.497 e. The number of aromatic nitrogens is 2. The van der Waals surface area contributed by atoms with Gasteiger partial charge in [-0.3, -0.25) is 4.79 Å². The van der Waals surface area contributed by atoms with Gasteiger partial charge in [-0.25, -0.2) is 4.98 Å². The van der Waals surface area contributed by atoms with E-state index in [-0.39, 0.29) is 18.4 Å². The van der Waals surface area contributed by atoms with E-state index in [1.54, 1.807) is 36.3 Å². The molecule has 35 heavy (non-hydrogen) atoms. The number of carbonyl (C=O) groups excluding carboxylic acids is 1. The maximum Gasteiger partial charge on any atom is 0.227 e. The number of nitrogens with zero attached hydrogens (tertiary/aromatic N) is 3. The second-order valence-electron chi connectivity index (χ2n) is 8.59. The number of hydrogen-bond donors (Lipinski definition) is 1. The first-order valence-electron chi connectivity index (χ1n) is 11.5. The highest BCUT2D eigenvalue weighted by atomic mass is 35.5. The summed E-state index contributed by atoms with van der Waals surface area (Å²) in [6.07, 6.45) is -0.414. The summed E-state index contributed by atoms with van der Waals surface area (Å²) in [5.41, 5.74) is 2.57. The molecule has 0 radical (unpaired) electrons. The van der Waals surface area contributed by atoms with E-state index >= 15 is 0 Å². The van der Waals surface area contributed by atoms with E-state index in [0.29, 0.717) is 30.3 Å². The van der Waals surface area contributed by atoms with E-state index in [0.717, 1.165) is 28.3 Å². The molecule has 180 valence electrons. The molecule has 3 aromatic carbocycles. The lowest BCUT2D eigenvalue weighted by Gasteiger charge is -2.19. The molecule has 0 bridgehead atoms. The third-order valence-electron chi connectivity index (χ3n) is 6.21. The third kappa shape index (κ3) is 4.97. The topological polar surface area (TPSA) is 76.8 Å². The van der Waals surface area contributed by atoms with E-state index in [4.69, 9.17) is 26.1 Å². The van der Waals surface area contributed by atoms with Crippen LogP contribution in [-0.2, 0) is 11.3 Å². The number of fused-ring (bicyclic) bond motifs is 1. The van der Waals surface area contributed by atoms with Gasteiger partial charge in [0.25, 0.3) is 0 Å². The molecule has 1 aliphatic rings. The van der Waals surface area contributed by atoms with Gasteiger partial charge in [-0.2, -0.15) is 0 Å². The van der Waals surface area contributed by atoms with E-state index in [1.807, 2.05) is 53.1 Å². The first-order chi connectivity index (χ1) is 17.0. The highest BCUT2D eigenvalue weighted by Crippen LogP contribution is 2.33. The molecule has 1 N–H and O–H groups in total. The van der Waals surface area contributed by atoms with Crippen LogP contribution < -0.4 is 14.4 Å². The zero-order valence-corrected chi connectivity index (χ0v) is 20.1. The predicted molar refractivity (Wildman–Crippen MR) is 135 cm³/mol. The number of halogens is 1. The van der Waals surface area contributed by atoms with Crippen LogP contribution in [0.3, 0.4) is 0 Å². The number of aliphatic hydroxyl groups excluding tert-OH is 1. The van der Waals surface area contributed by atoms with Gasteiger partial charge < -0.3 is 24.0 Å². The molecular formula is C27H26ClN3O4. The Hall–Kier alpha value is -3.55. The number of aliphatic hydroxyl groups is 1. The normalized spacial score (nSPS) is 16.6. The number of carbonyl (C=O) groups is 1. The monoisotopic (exact) mass is 491 g/mol. The van der Waals surface area contributed by atoms with Gasteiger partial charge in [0.15, 0.2) is 0 Å². The minimum Gasteiger partial charge on any atom is -0.497 e. The van der Waals surface area contributed by atoms with E-state index in [9.17, 15) is 9.90 Å². The SMILES string of the molecule is COc1ccc(OC[C@H](O)Cn2c([C@H]3CC(=O)N(c4ccc(Cl)cc4)C3)nc3ccccc32)cc1. The number of benzene rings is 3. The van der Waals surface area contributed by atoms with Crippen LogP contribution in [0, 0.1) is 0 Å². The van der Waals surface area contributed by atoms with Crippen LogP contribution in [0.2, 0.25) is 5.02 Å². The molecule has 1 amide bonds. The predicted octanol–water partition coefficient (Wildman–Crippen LogP) is 4.66. The summed E-state index contributed by atoms with van der Waals surface area (Å²) in [6, 6.07) is 22.3. The lowest BCUT2D eigenvalue weighted by atomic mass is 10.1. The standard InChI is InChI=1S/C27H26ClN3O4/c1-34-22-10-12-23(13-11-22)35-17-21(32)16-31-25-5-3-2-4-24(25)29-27(31)18-14-26(33)30(15-18)20-8-6-19(28)7-9-20/h2-13,18,21,32H,14-17H2,1H3/t18-,21+/m0/s1. The van der Waals surface area contributed by atoms with Crippen molar-refractivity contribution >= 4 is 34.2 Å². The average Bonchev–Trinajstić information content (AvgIpc) is 3.44. The van der Waals surface area contributed by atoms with Crippen molar-refractivity contribution < 1.29 is 19.4 Å². The Morgan fingerprint density at radius 2 is 1.77 bits per heavy atom. The summed E-state index contributed by atoms with van der Waals surface area (Å²) in [6.45, 7) is 0.943. The molecule has 7 nitrogen and oxygen atoms in total. The Morgan fingerprint density at radius 1 is 1.06 bits per heavy atom. The molecule has 1 aromatic heterocycles. The maximum atomic E-state index is 12.9. The van der Waals surface area contributed by atoms with Crippen molar-refractivity contribution in [3.05, 3.63) is 83.6 Å². The van der Waals surface area contributed by atoms with Crippen molar-refractivity contribution in [2.24, 2.45) is 0 Å². The van der Waals surface area contributed by atoms with Crippen molar-refractivity contribution in [1.82, 2.24) is 9.55 Å². The van der Waals surface area contributed by atoms with Gasteiger partial charge in [0.05, 0.1) is 24.7 Å². The summed E-state index contributed by atoms with van der Waals surface area (Å²) in [5.74, 6) is 2.13. The van der Waals surface area contributed by atoms with Crippen molar-refractivity contribution in [1.29, 1.82) is 0 Å². The van der Waals surface area contributed by atoms with E-state index < -0.39 is 6.10 Å². The van der Waals surface area contributed by atoms with Crippen molar-refractivity contribution in [2.45, 2.75) is 25.0 Å². The van der Waals surface area contributed by atoms with Crippen LogP contribution in [0.15, 0.2) is 72.8 Å². The molecule has 1 saturated heterocycles. The molecule has 1 fully saturated rings. The molecule has 0 saturated carbocycles. The Kier molecular flexibility index (Phi) is 6.61. The van der Waals surface area contributed by atoms with Crippen molar-refractivity contribution in [3.8, 4) is 11.5 Å². The Morgan fingerprint density at radius 3 is 2.51 bits per heavy atom. The minimum atomic E-state index is -0.766. The fourth-order valence-corrected chi connectivity index (χ4v) is 4.60. The molecule has 8 heteroatoms. The summed E-state index contributed by atoms with van der Waals surface area (Å²) in [4.78, 5) is 19.5. The Labute approximate surface area is 208 Å². The lowest BCUT2D eigenvalue weighted by molar-refractivity contribution is -0.117. The number of rotatable bonds is 8. The molecule has 0 unspecified atom stereocenters. The van der Waals surface area contributed by atoms with Gasteiger partial charge in [-0.05, 0) is 60.7 Å². The van der Waals surface area contributed by atoms with Gasteiger partial charge in [-0.15, -0.1) is 0 Å². The summed E-state index contributed by atoms with van der Waals surface area (Å²) >= 11 is 6.02. The second kappa shape index (κ2) is 9.98. The number of methoxy groups -OCH3 is 1. The smallest absolute Gasteiger partial charge is 0.227 e. The van der Waals surface area contributed by atoms with Gasteiger partial charge in [0.2, 0.25) is 5.91 Å². The molecule has 0 spiro atoms. The van der Waals surface area contributed by atoms with Crippen LogP contribution in [0.25, 0.3) is 11.0 Å². The van der Waals surface area contributed by atoms with Gasteiger partial charge in [0.1, 0.15) is 30.0 Å². The highest BCUT2D eigenvalue weighted by Gasteiger charge is 2.35. The fourth-order valence-electron chi connectivity index (χ4n) is 4.48. The Bertz CT molecular complexity index is 1320. The summed E-state index contributed by atoms with van der Waals surface area (Å²) in [7, 11) is 1.61. The first kappa shape index (κ1) is 23.2. The Balaban J connectivity index is 1.35. The lowest BCUT2D eigenvalue weighted by Crippen LogP contribution is -2.26. The van der Waals surface area contributed by atoms with Gasteiger partial charge in [-0.1, -0.05) is 23.7 Å². The second-order valence-corrected chi connectivity index (χ2v) is 9.03. The highest BCUT2D eigenvalue weighted by molar-refractivity contribution is 6.30. The number of ether oxygens (including phenoxy) is 2.